The zero-order valence-electron chi connectivity index (χ0n) is 8.69. The molecule has 4 rings (SSSR count). The molecule has 3 unspecified atom stereocenters. The molecule has 15 heavy (non-hydrogen) atoms. The molecule has 3 nitrogen and oxygen atoms in total. The number of hydrogen-bond donors (Lipinski definition) is 2. The topological polar surface area (TPSA) is 49.3 Å². The molecule has 4 aliphatic rings. The highest BCUT2D eigenvalue weighted by molar-refractivity contribution is 5.85. The number of carboxylic acids is 1. The number of halogens is 1. The van der Waals surface area contributed by atoms with Gasteiger partial charge in [0, 0.05) is 0 Å². The second-order valence-corrected chi connectivity index (χ2v) is 5.14. The van der Waals surface area contributed by atoms with Crippen molar-refractivity contribution < 1.29 is 9.90 Å². The third-order valence-corrected chi connectivity index (χ3v) is 4.69. The minimum absolute atomic E-state index is 0. The summed E-state index contributed by atoms with van der Waals surface area (Å²) in [6.07, 6.45) is 5.24. The van der Waals surface area contributed by atoms with E-state index in [0.29, 0.717) is 17.8 Å². The van der Waals surface area contributed by atoms with Crippen molar-refractivity contribution in [3.05, 3.63) is 0 Å². The first-order valence-corrected chi connectivity index (χ1v) is 5.73. The maximum atomic E-state index is 11.1. The molecule has 2 N–H and O–H groups in total. The fourth-order valence-electron chi connectivity index (χ4n) is 4.10. The van der Waals surface area contributed by atoms with E-state index in [1.165, 1.54) is 25.7 Å². The Morgan fingerprint density at radius 2 is 1.73 bits per heavy atom. The molecule has 0 aromatic carbocycles. The molecule has 4 heteroatoms. The van der Waals surface area contributed by atoms with E-state index >= 15 is 0 Å². The van der Waals surface area contributed by atoms with Crippen LogP contribution in [-0.4, -0.2) is 23.7 Å². The van der Waals surface area contributed by atoms with Crippen molar-refractivity contribution in [2.24, 2.45) is 23.7 Å². The number of nitrogens with one attached hydrogen (secondary N) is 1. The van der Waals surface area contributed by atoms with Gasteiger partial charge >= 0.3 is 5.97 Å². The van der Waals surface area contributed by atoms with E-state index in [9.17, 15) is 4.79 Å². The zero-order chi connectivity index (χ0) is 9.71. The Morgan fingerprint density at radius 3 is 2.33 bits per heavy atom. The molecule has 4 fully saturated rings. The Bertz CT molecular complexity index is 263. The van der Waals surface area contributed by atoms with Gasteiger partial charge in [0.1, 0.15) is 6.04 Å². The van der Waals surface area contributed by atoms with Gasteiger partial charge in [0.15, 0.2) is 0 Å². The van der Waals surface area contributed by atoms with E-state index in [1.54, 1.807) is 0 Å². The van der Waals surface area contributed by atoms with Crippen LogP contribution >= 0.6 is 12.4 Å². The third kappa shape index (κ3) is 1.56. The Hall–Kier alpha value is -0.280. The quantitative estimate of drug-likeness (QED) is 0.720. The number of carbonyl (C=O) groups is 1. The zero-order valence-corrected chi connectivity index (χ0v) is 9.50. The Kier molecular flexibility index (Phi) is 2.95. The monoisotopic (exact) mass is 231 g/mol. The lowest BCUT2D eigenvalue weighted by Gasteiger charge is -2.46. The van der Waals surface area contributed by atoms with E-state index in [2.05, 4.69) is 5.32 Å². The number of fused-ring (bicyclic) bond motifs is 2. The van der Waals surface area contributed by atoms with Gasteiger partial charge in [-0.15, -0.1) is 12.4 Å². The van der Waals surface area contributed by atoms with E-state index in [0.717, 1.165) is 12.5 Å². The Morgan fingerprint density at radius 1 is 1.13 bits per heavy atom. The average Bonchev–Trinajstić information content (AvgIpc) is 2.65. The van der Waals surface area contributed by atoms with Crippen LogP contribution in [0.15, 0.2) is 0 Å². The van der Waals surface area contributed by atoms with E-state index in [-0.39, 0.29) is 18.4 Å². The summed E-state index contributed by atoms with van der Waals surface area (Å²) in [5.74, 6) is 2.00. The summed E-state index contributed by atoms with van der Waals surface area (Å²) in [5, 5.41) is 12.3. The van der Waals surface area contributed by atoms with Crippen molar-refractivity contribution in [3.8, 4) is 0 Å². The summed E-state index contributed by atoms with van der Waals surface area (Å²) in [6.45, 7) is 0.947. The van der Waals surface area contributed by atoms with Crippen LogP contribution in [0.1, 0.15) is 25.7 Å². The predicted molar refractivity (Wildman–Crippen MR) is 59.1 cm³/mol. The van der Waals surface area contributed by atoms with Crippen LogP contribution in [0.25, 0.3) is 0 Å². The molecule has 1 aliphatic heterocycles. The van der Waals surface area contributed by atoms with Gasteiger partial charge in [-0.2, -0.15) is 0 Å². The van der Waals surface area contributed by atoms with Gasteiger partial charge in [-0.05, 0) is 55.9 Å². The first-order chi connectivity index (χ1) is 6.77. The molecule has 0 aromatic rings. The second-order valence-electron chi connectivity index (χ2n) is 5.14. The largest absolute Gasteiger partial charge is 0.480 e. The van der Waals surface area contributed by atoms with E-state index in [1.807, 2.05) is 0 Å². The van der Waals surface area contributed by atoms with Crippen molar-refractivity contribution in [2.45, 2.75) is 31.7 Å². The molecule has 3 saturated carbocycles. The summed E-state index contributed by atoms with van der Waals surface area (Å²) in [4.78, 5) is 11.1. The fourth-order valence-corrected chi connectivity index (χ4v) is 4.10. The highest BCUT2D eigenvalue weighted by Gasteiger charge is 2.52. The predicted octanol–water partition coefficient (Wildman–Crippen LogP) is 1.52. The molecular formula is C11H18ClNO2. The number of rotatable bonds is 1. The van der Waals surface area contributed by atoms with Crippen LogP contribution in [0.3, 0.4) is 0 Å². The number of carboxylic acid groups (broad SMARTS) is 1. The molecule has 0 spiro atoms. The van der Waals surface area contributed by atoms with Gasteiger partial charge in [0.05, 0.1) is 0 Å². The Labute approximate surface area is 96.0 Å². The lowest BCUT2D eigenvalue weighted by Crippen LogP contribution is -2.45. The first-order valence-electron chi connectivity index (χ1n) is 5.73. The van der Waals surface area contributed by atoms with Crippen molar-refractivity contribution in [2.75, 3.05) is 6.54 Å². The average molecular weight is 232 g/mol. The standard InChI is InChI=1S/C11H17NO2.ClH/c13-11(14)10-9-7-3-1-6(2-4-7)8(9)5-12-10;/h6-10,12H,1-5H2,(H,13,14);1H. The summed E-state index contributed by atoms with van der Waals surface area (Å²) >= 11 is 0. The van der Waals surface area contributed by atoms with Gasteiger partial charge in [-0.25, -0.2) is 0 Å². The summed E-state index contributed by atoms with van der Waals surface area (Å²) in [7, 11) is 0. The summed E-state index contributed by atoms with van der Waals surface area (Å²) < 4.78 is 0. The van der Waals surface area contributed by atoms with Crippen LogP contribution in [0.4, 0.5) is 0 Å². The molecule has 1 saturated heterocycles. The summed E-state index contributed by atoms with van der Waals surface area (Å²) in [6, 6.07) is -0.243. The van der Waals surface area contributed by atoms with Crippen LogP contribution in [0, 0.1) is 23.7 Å². The van der Waals surface area contributed by atoms with Crippen molar-refractivity contribution in [1.82, 2.24) is 5.32 Å². The molecule has 1 heterocycles. The highest BCUT2D eigenvalue weighted by atomic mass is 35.5. The van der Waals surface area contributed by atoms with Crippen molar-refractivity contribution in [3.63, 3.8) is 0 Å². The molecule has 0 aromatic heterocycles. The van der Waals surface area contributed by atoms with Crippen LogP contribution in [0.5, 0.6) is 0 Å². The Balaban J connectivity index is 0.000000853. The number of hydrogen-bond acceptors (Lipinski definition) is 2. The van der Waals surface area contributed by atoms with Crippen molar-refractivity contribution in [1.29, 1.82) is 0 Å². The molecule has 86 valence electrons. The fraction of sp³-hybridized carbons (Fsp3) is 0.909. The second kappa shape index (κ2) is 3.95. The third-order valence-electron chi connectivity index (χ3n) is 4.69. The maximum absolute atomic E-state index is 11.1. The molecule has 0 amide bonds. The van der Waals surface area contributed by atoms with E-state index in [4.69, 9.17) is 5.11 Å². The molecule has 3 aliphatic carbocycles. The minimum Gasteiger partial charge on any atom is -0.480 e. The van der Waals surface area contributed by atoms with Crippen LogP contribution < -0.4 is 5.32 Å². The highest BCUT2D eigenvalue weighted by Crippen LogP contribution is 2.51. The van der Waals surface area contributed by atoms with Gasteiger partial charge in [0.2, 0.25) is 0 Å². The lowest BCUT2D eigenvalue weighted by atomic mass is 9.58. The molecule has 0 radical (unpaired) electrons. The minimum atomic E-state index is -0.634. The van der Waals surface area contributed by atoms with Crippen LogP contribution in [0.2, 0.25) is 0 Å². The van der Waals surface area contributed by atoms with Crippen LogP contribution in [-0.2, 0) is 4.79 Å². The van der Waals surface area contributed by atoms with E-state index < -0.39 is 5.97 Å². The summed E-state index contributed by atoms with van der Waals surface area (Å²) in [5.41, 5.74) is 0. The molecule has 2 bridgehead atoms. The molecular weight excluding hydrogens is 214 g/mol. The van der Waals surface area contributed by atoms with Gasteiger partial charge < -0.3 is 10.4 Å². The van der Waals surface area contributed by atoms with Gasteiger partial charge in [-0.1, -0.05) is 0 Å². The van der Waals surface area contributed by atoms with Crippen molar-refractivity contribution >= 4 is 18.4 Å². The normalized spacial score (nSPS) is 47.1. The lowest BCUT2D eigenvalue weighted by molar-refractivity contribution is -0.142. The smallest absolute Gasteiger partial charge is 0.321 e. The van der Waals surface area contributed by atoms with Gasteiger partial charge in [-0.3, -0.25) is 4.79 Å². The van der Waals surface area contributed by atoms with Gasteiger partial charge in [0.25, 0.3) is 0 Å². The maximum Gasteiger partial charge on any atom is 0.321 e. The number of aliphatic carboxylic acids is 1. The molecule has 3 atom stereocenters. The first kappa shape index (κ1) is 11.2. The SMILES string of the molecule is Cl.O=C(O)C1NCC2C3CCC(CC3)C12.